The normalized spacial score (nSPS) is 11.0. The lowest BCUT2D eigenvalue weighted by atomic mass is 9.97. The summed E-state index contributed by atoms with van der Waals surface area (Å²) in [6.07, 6.45) is 3.42. The van der Waals surface area contributed by atoms with Crippen LogP contribution in [0.3, 0.4) is 0 Å². The predicted octanol–water partition coefficient (Wildman–Crippen LogP) is 8.59. The molecule has 0 N–H and O–H groups in total. The molecule has 162 valence electrons. The molecule has 0 aliphatic heterocycles. The first-order valence-corrected chi connectivity index (χ1v) is 10.6. The van der Waals surface area contributed by atoms with Gasteiger partial charge in [0.2, 0.25) is 0 Å². The van der Waals surface area contributed by atoms with Crippen molar-refractivity contribution in [2.45, 2.75) is 26.2 Å². The zero-order valence-electron chi connectivity index (χ0n) is 17.6. The van der Waals surface area contributed by atoms with Crippen LogP contribution in [-0.4, -0.2) is 0 Å². The molecule has 0 atom stereocenters. The molecule has 0 aromatic heterocycles. The molecule has 0 nitrogen and oxygen atoms in total. The average Bonchev–Trinajstić information content (AvgIpc) is 2.81. The molecular formula is C28H22F4. The molecule has 4 aromatic rings. The zero-order valence-corrected chi connectivity index (χ0v) is 17.6. The largest absolute Gasteiger partial charge is 0.206 e. The molecule has 0 heterocycles. The first kappa shape index (κ1) is 21.8. The molecule has 0 bridgehead atoms. The lowest BCUT2D eigenvalue weighted by Gasteiger charge is -2.09. The summed E-state index contributed by atoms with van der Waals surface area (Å²) in [7, 11) is 0. The molecule has 0 saturated carbocycles. The number of hydrogen-bond donors (Lipinski definition) is 0. The van der Waals surface area contributed by atoms with Crippen molar-refractivity contribution in [1.82, 2.24) is 0 Å². The van der Waals surface area contributed by atoms with Crippen LogP contribution in [0.15, 0.2) is 78.9 Å². The predicted molar refractivity (Wildman–Crippen MR) is 121 cm³/mol. The van der Waals surface area contributed by atoms with Gasteiger partial charge in [-0.2, -0.15) is 0 Å². The van der Waals surface area contributed by atoms with Gasteiger partial charge >= 0.3 is 0 Å². The van der Waals surface area contributed by atoms with E-state index in [-0.39, 0.29) is 11.1 Å². The molecule has 0 fully saturated rings. The van der Waals surface area contributed by atoms with Gasteiger partial charge in [0.05, 0.1) is 0 Å². The second-order valence-electron chi connectivity index (χ2n) is 7.83. The maximum atomic E-state index is 14.7. The minimum Gasteiger partial charge on any atom is -0.206 e. The van der Waals surface area contributed by atoms with Crippen LogP contribution in [0.2, 0.25) is 0 Å². The van der Waals surface area contributed by atoms with Gasteiger partial charge in [-0.1, -0.05) is 74.0 Å². The summed E-state index contributed by atoms with van der Waals surface area (Å²) >= 11 is 0. The van der Waals surface area contributed by atoms with Crippen LogP contribution in [0.25, 0.3) is 33.4 Å². The third-order valence-electron chi connectivity index (χ3n) is 5.59. The molecule has 0 radical (unpaired) electrons. The maximum Gasteiger partial charge on any atom is 0.194 e. The van der Waals surface area contributed by atoms with E-state index >= 15 is 0 Å². The SMILES string of the molecule is CCCCc1ccc(-c2ccc(-c3ccc(-c4cc(F)c(F)c(F)c4)c(F)c3)cc2)cc1. The minimum atomic E-state index is -1.57. The molecule has 4 aromatic carbocycles. The van der Waals surface area contributed by atoms with Crippen molar-refractivity contribution in [2.24, 2.45) is 0 Å². The Bertz CT molecular complexity index is 1200. The van der Waals surface area contributed by atoms with Gasteiger partial charge in [0.1, 0.15) is 5.82 Å². The van der Waals surface area contributed by atoms with Gasteiger partial charge in [-0.25, -0.2) is 17.6 Å². The van der Waals surface area contributed by atoms with E-state index < -0.39 is 23.3 Å². The van der Waals surface area contributed by atoms with Gasteiger partial charge in [-0.3, -0.25) is 0 Å². The Morgan fingerprint density at radius 3 is 1.53 bits per heavy atom. The molecule has 4 rings (SSSR count). The van der Waals surface area contributed by atoms with E-state index in [0.717, 1.165) is 35.2 Å². The van der Waals surface area contributed by atoms with Gasteiger partial charge in [0.15, 0.2) is 17.5 Å². The lowest BCUT2D eigenvalue weighted by molar-refractivity contribution is 0.447. The van der Waals surface area contributed by atoms with Crippen molar-refractivity contribution in [3.8, 4) is 33.4 Å². The van der Waals surface area contributed by atoms with Gasteiger partial charge in [0, 0.05) is 5.56 Å². The summed E-state index contributed by atoms with van der Waals surface area (Å²) in [5.74, 6) is -4.91. The van der Waals surface area contributed by atoms with Crippen molar-refractivity contribution in [2.75, 3.05) is 0 Å². The first-order chi connectivity index (χ1) is 15.5. The molecule has 0 saturated heterocycles. The molecule has 4 heteroatoms. The number of aryl methyl sites for hydroxylation is 1. The van der Waals surface area contributed by atoms with Gasteiger partial charge < -0.3 is 0 Å². The van der Waals surface area contributed by atoms with Crippen LogP contribution in [0.1, 0.15) is 25.3 Å². The van der Waals surface area contributed by atoms with Gasteiger partial charge in [0.25, 0.3) is 0 Å². The van der Waals surface area contributed by atoms with Crippen LogP contribution >= 0.6 is 0 Å². The smallest absolute Gasteiger partial charge is 0.194 e. The standard InChI is InChI=1S/C28H22F4/c1-2-3-4-18-5-7-19(8-6-18)20-9-11-21(12-10-20)22-13-14-24(25(29)15-22)23-16-26(30)28(32)27(31)17-23/h5-17H,2-4H2,1H3. The molecule has 0 aliphatic rings. The molecule has 0 aliphatic carbocycles. The van der Waals surface area contributed by atoms with Crippen molar-refractivity contribution >= 4 is 0 Å². The Kier molecular flexibility index (Phi) is 6.40. The Morgan fingerprint density at radius 1 is 0.531 bits per heavy atom. The quantitative estimate of drug-likeness (QED) is 0.211. The molecule has 0 unspecified atom stereocenters. The van der Waals surface area contributed by atoms with Crippen molar-refractivity contribution < 1.29 is 17.6 Å². The zero-order chi connectivity index (χ0) is 22.7. The highest BCUT2D eigenvalue weighted by molar-refractivity contribution is 5.73. The summed E-state index contributed by atoms with van der Waals surface area (Å²) in [6, 6.07) is 22.3. The van der Waals surface area contributed by atoms with Crippen LogP contribution in [-0.2, 0) is 6.42 Å². The van der Waals surface area contributed by atoms with E-state index in [1.165, 1.54) is 30.5 Å². The lowest BCUT2D eigenvalue weighted by Crippen LogP contribution is -1.94. The first-order valence-electron chi connectivity index (χ1n) is 10.6. The van der Waals surface area contributed by atoms with Crippen molar-refractivity contribution in [3.63, 3.8) is 0 Å². The third-order valence-corrected chi connectivity index (χ3v) is 5.59. The summed E-state index contributed by atoms with van der Waals surface area (Å²) in [5, 5.41) is 0. The number of rotatable bonds is 6. The second-order valence-corrected chi connectivity index (χ2v) is 7.83. The van der Waals surface area contributed by atoms with Crippen molar-refractivity contribution in [1.29, 1.82) is 0 Å². The topological polar surface area (TPSA) is 0 Å². The highest BCUT2D eigenvalue weighted by Crippen LogP contribution is 2.31. The number of hydrogen-bond acceptors (Lipinski definition) is 0. The summed E-state index contributed by atoms with van der Waals surface area (Å²) in [5.41, 5.74) is 4.90. The maximum absolute atomic E-state index is 14.7. The second kappa shape index (κ2) is 9.39. The van der Waals surface area contributed by atoms with Crippen molar-refractivity contribution in [3.05, 3.63) is 108 Å². The Balaban J connectivity index is 1.56. The van der Waals surface area contributed by atoms with Crippen LogP contribution in [0.5, 0.6) is 0 Å². The van der Waals surface area contributed by atoms with E-state index in [0.29, 0.717) is 5.56 Å². The van der Waals surface area contributed by atoms with E-state index in [4.69, 9.17) is 0 Å². The summed E-state index contributed by atoms with van der Waals surface area (Å²) < 4.78 is 54.9. The van der Waals surface area contributed by atoms with Crippen LogP contribution in [0.4, 0.5) is 17.6 Å². The van der Waals surface area contributed by atoms with Gasteiger partial charge in [-0.15, -0.1) is 0 Å². The number of benzene rings is 4. The number of unbranched alkanes of at least 4 members (excludes halogenated alkanes) is 1. The minimum absolute atomic E-state index is 0.00586. The Hall–Kier alpha value is -3.40. The fourth-order valence-corrected chi connectivity index (χ4v) is 3.74. The van der Waals surface area contributed by atoms with E-state index in [2.05, 4.69) is 31.2 Å². The van der Waals surface area contributed by atoms with Gasteiger partial charge in [-0.05, 0) is 64.4 Å². The Labute approximate surface area is 185 Å². The highest BCUT2D eigenvalue weighted by atomic mass is 19.2. The molecule has 0 amide bonds. The monoisotopic (exact) mass is 434 g/mol. The van der Waals surface area contributed by atoms with E-state index in [9.17, 15) is 17.6 Å². The average molecular weight is 434 g/mol. The number of halogens is 4. The highest BCUT2D eigenvalue weighted by Gasteiger charge is 2.14. The van der Waals surface area contributed by atoms with E-state index in [1.54, 1.807) is 6.07 Å². The molecule has 32 heavy (non-hydrogen) atoms. The summed E-state index contributed by atoms with van der Waals surface area (Å²) in [4.78, 5) is 0. The Morgan fingerprint density at radius 2 is 1.00 bits per heavy atom. The fraction of sp³-hybridized carbons (Fsp3) is 0.143. The van der Waals surface area contributed by atoms with Crippen LogP contribution in [0, 0.1) is 23.3 Å². The van der Waals surface area contributed by atoms with Crippen LogP contribution < -0.4 is 0 Å². The third kappa shape index (κ3) is 4.59. The molecular weight excluding hydrogens is 412 g/mol. The fourth-order valence-electron chi connectivity index (χ4n) is 3.74. The molecule has 0 spiro atoms. The van der Waals surface area contributed by atoms with E-state index in [1.807, 2.05) is 24.3 Å². The summed E-state index contributed by atoms with van der Waals surface area (Å²) in [6.45, 7) is 2.18.